The summed E-state index contributed by atoms with van der Waals surface area (Å²) < 4.78 is 47.6. The minimum Gasteiger partial charge on any atom is -0.506 e. The Balaban J connectivity index is 0.00000115. The van der Waals surface area contributed by atoms with E-state index in [-0.39, 0.29) is 16.7 Å². The van der Waals surface area contributed by atoms with E-state index in [0.717, 1.165) is 18.4 Å². The normalized spacial score (nSPS) is 17.5. The smallest absolute Gasteiger partial charge is 0.417 e. The number of nitrogens with zero attached hydrogens (tertiary/aromatic N) is 1. The van der Waals surface area contributed by atoms with Gasteiger partial charge in [0, 0.05) is 13.2 Å². The molecule has 4 rings (SSSR count). The molecule has 8 heteroatoms. The van der Waals surface area contributed by atoms with Crippen molar-refractivity contribution in [2.45, 2.75) is 51.7 Å². The molecule has 5 nitrogen and oxygen atoms in total. The Bertz CT molecular complexity index is 1120. The van der Waals surface area contributed by atoms with Crippen LogP contribution in [0.15, 0.2) is 66.1 Å². The molecule has 36 heavy (non-hydrogen) atoms. The van der Waals surface area contributed by atoms with Crippen LogP contribution in [0.3, 0.4) is 0 Å². The number of likely N-dealkylation sites (N-methyl/N-ethyl adjacent to an activating group) is 1. The summed E-state index contributed by atoms with van der Waals surface area (Å²) in [6.07, 6.45) is 2.52. The second kappa shape index (κ2) is 11.5. The van der Waals surface area contributed by atoms with Crippen LogP contribution in [0.25, 0.3) is 11.1 Å². The van der Waals surface area contributed by atoms with Gasteiger partial charge in [0.15, 0.2) is 0 Å². The fraction of sp³-hybridized carbons (Fsp3) is 0.393. The molecular formula is C28H32F3NO4. The number of aliphatic carboxylic acids is 1. The van der Waals surface area contributed by atoms with Crippen LogP contribution in [0.5, 0.6) is 5.75 Å². The standard InChI is InChI=1S/C25H24F3NO4.C3H8/c1-29-14-23(30)20(24(31)32)13-22(29)17-6-9-19(21(12-17)25(26,27)28)16-4-7-18(8-5-16)33-11-10-15-2-3-15;1-3-2/h4-9,12-15,22,30H,2-3,10-11H2,1H3,(H,31,32);3H2,1-2H3. The molecule has 1 heterocycles. The summed E-state index contributed by atoms with van der Waals surface area (Å²) in [6, 6.07) is 9.73. The Hall–Kier alpha value is -3.42. The Morgan fingerprint density at radius 3 is 2.31 bits per heavy atom. The van der Waals surface area contributed by atoms with E-state index in [0.29, 0.717) is 17.9 Å². The first-order valence-electron chi connectivity index (χ1n) is 12.1. The molecule has 2 aromatic rings. The lowest BCUT2D eigenvalue weighted by molar-refractivity contribution is -0.137. The molecule has 2 N–H and O–H groups in total. The number of ether oxygens (including phenoxy) is 1. The molecule has 0 aromatic heterocycles. The molecule has 1 fully saturated rings. The molecule has 1 aliphatic heterocycles. The van der Waals surface area contributed by atoms with E-state index < -0.39 is 29.5 Å². The Labute approximate surface area is 209 Å². The summed E-state index contributed by atoms with van der Waals surface area (Å²) in [4.78, 5) is 12.8. The maximum Gasteiger partial charge on any atom is 0.417 e. The van der Waals surface area contributed by atoms with E-state index in [4.69, 9.17) is 4.74 Å². The molecule has 2 aromatic carbocycles. The zero-order valence-electron chi connectivity index (χ0n) is 20.7. The fourth-order valence-corrected chi connectivity index (χ4v) is 3.93. The molecule has 1 atom stereocenters. The Morgan fingerprint density at radius 1 is 1.11 bits per heavy atom. The van der Waals surface area contributed by atoms with Crippen molar-refractivity contribution in [1.82, 2.24) is 4.90 Å². The third-order valence-corrected chi connectivity index (χ3v) is 5.94. The van der Waals surface area contributed by atoms with Crippen molar-refractivity contribution >= 4 is 5.97 Å². The number of alkyl halides is 3. The van der Waals surface area contributed by atoms with Gasteiger partial charge >= 0.3 is 12.1 Å². The fourth-order valence-electron chi connectivity index (χ4n) is 3.93. The minimum absolute atomic E-state index is 0.0232. The second-order valence-electron chi connectivity index (χ2n) is 9.12. The van der Waals surface area contributed by atoms with Crippen LogP contribution in [-0.2, 0) is 11.0 Å². The van der Waals surface area contributed by atoms with E-state index in [2.05, 4.69) is 13.8 Å². The van der Waals surface area contributed by atoms with Gasteiger partial charge in [0.2, 0.25) is 0 Å². The molecule has 0 amide bonds. The molecular weight excluding hydrogens is 471 g/mol. The molecule has 1 aliphatic carbocycles. The summed E-state index contributed by atoms with van der Waals surface area (Å²) >= 11 is 0. The quantitative estimate of drug-likeness (QED) is 0.413. The maximum absolute atomic E-state index is 14.0. The monoisotopic (exact) mass is 503 g/mol. The summed E-state index contributed by atoms with van der Waals surface area (Å²) in [5.74, 6) is -0.449. The van der Waals surface area contributed by atoms with E-state index in [1.165, 1.54) is 48.6 Å². The van der Waals surface area contributed by atoms with E-state index in [1.807, 2.05) is 0 Å². The number of aliphatic hydroxyl groups is 1. The van der Waals surface area contributed by atoms with Gasteiger partial charge in [-0.25, -0.2) is 4.79 Å². The van der Waals surface area contributed by atoms with Crippen LogP contribution in [0.1, 0.15) is 56.7 Å². The number of aliphatic hydroxyl groups excluding tert-OH is 1. The van der Waals surface area contributed by atoms with Crippen molar-refractivity contribution in [3.63, 3.8) is 0 Å². The van der Waals surface area contributed by atoms with Crippen molar-refractivity contribution in [2.24, 2.45) is 5.92 Å². The van der Waals surface area contributed by atoms with Crippen molar-refractivity contribution in [2.75, 3.05) is 13.7 Å². The van der Waals surface area contributed by atoms with Gasteiger partial charge in [0.1, 0.15) is 17.1 Å². The summed E-state index contributed by atoms with van der Waals surface area (Å²) in [7, 11) is 1.55. The molecule has 0 saturated heterocycles. The molecule has 0 spiro atoms. The van der Waals surface area contributed by atoms with Gasteiger partial charge in [-0.05, 0) is 53.3 Å². The lowest BCUT2D eigenvalue weighted by Crippen LogP contribution is -2.24. The largest absolute Gasteiger partial charge is 0.506 e. The van der Waals surface area contributed by atoms with Gasteiger partial charge in [-0.3, -0.25) is 0 Å². The van der Waals surface area contributed by atoms with Crippen molar-refractivity contribution in [3.8, 4) is 16.9 Å². The summed E-state index contributed by atoms with van der Waals surface area (Å²) in [5, 5.41) is 19.1. The van der Waals surface area contributed by atoms with Gasteiger partial charge in [-0.1, -0.05) is 57.4 Å². The zero-order valence-corrected chi connectivity index (χ0v) is 20.7. The topological polar surface area (TPSA) is 70.0 Å². The van der Waals surface area contributed by atoms with E-state index >= 15 is 0 Å². The Kier molecular flexibility index (Phi) is 8.71. The molecule has 2 aliphatic rings. The number of rotatable bonds is 7. The molecule has 1 saturated carbocycles. The van der Waals surface area contributed by atoms with Crippen LogP contribution >= 0.6 is 0 Å². The number of carboxylic acids is 1. The van der Waals surface area contributed by atoms with Crippen molar-refractivity contribution < 1.29 is 32.9 Å². The number of carboxylic acid groups (broad SMARTS) is 1. The summed E-state index contributed by atoms with van der Waals surface area (Å²) in [6.45, 7) is 4.84. The minimum atomic E-state index is -4.62. The van der Waals surface area contributed by atoms with Crippen molar-refractivity contribution in [3.05, 3.63) is 77.2 Å². The van der Waals surface area contributed by atoms with Crippen LogP contribution < -0.4 is 4.74 Å². The summed E-state index contributed by atoms with van der Waals surface area (Å²) in [5.41, 5.74) is -0.487. The first kappa shape index (κ1) is 27.2. The SMILES string of the molecule is CCC.CN1C=C(O)C(C(=O)O)=CC1c1ccc(-c2ccc(OCCC3CC3)cc2)c(C(F)(F)F)c1. The highest BCUT2D eigenvalue weighted by molar-refractivity contribution is 5.91. The lowest BCUT2D eigenvalue weighted by Gasteiger charge is -2.29. The van der Waals surface area contributed by atoms with Gasteiger partial charge in [-0.15, -0.1) is 0 Å². The van der Waals surface area contributed by atoms with E-state index in [9.17, 15) is 28.2 Å². The van der Waals surface area contributed by atoms with E-state index in [1.54, 1.807) is 31.3 Å². The third-order valence-electron chi connectivity index (χ3n) is 5.94. The third kappa shape index (κ3) is 6.83. The number of hydrogen-bond donors (Lipinski definition) is 2. The van der Waals surface area contributed by atoms with Gasteiger partial charge in [-0.2, -0.15) is 13.2 Å². The average Bonchev–Trinajstić information content (AvgIpc) is 3.63. The lowest BCUT2D eigenvalue weighted by atomic mass is 9.92. The predicted octanol–water partition coefficient (Wildman–Crippen LogP) is 7.36. The average molecular weight is 504 g/mol. The highest BCUT2D eigenvalue weighted by atomic mass is 19.4. The number of halogens is 3. The molecule has 0 bridgehead atoms. The van der Waals surface area contributed by atoms with Gasteiger partial charge in [0.05, 0.1) is 18.2 Å². The second-order valence-corrected chi connectivity index (χ2v) is 9.12. The van der Waals surface area contributed by atoms with Crippen LogP contribution in [0.2, 0.25) is 0 Å². The number of carbonyl (C=O) groups is 1. The first-order chi connectivity index (χ1) is 17.0. The highest BCUT2D eigenvalue weighted by Gasteiger charge is 2.35. The zero-order chi connectivity index (χ0) is 26.5. The predicted molar refractivity (Wildman–Crippen MR) is 133 cm³/mol. The van der Waals surface area contributed by atoms with Crippen LogP contribution in [0, 0.1) is 5.92 Å². The first-order valence-corrected chi connectivity index (χ1v) is 12.1. The number of hydrogen-bond acceptors (Lipinski definition) is 4. The van der Waals surface area contributed by atoms with Crippen LogP contribution in [0.4, 0.5) is 13.2 Å². The Morgan fingerprint density at radius 2 is 1.75 bits per heavy atom. The number of benzene rings is 2. The maximum atomic E-state index is 14.0. The van der Waals surface area contributed by atoms with Crippen LogP contribution in [-0.4, -0.2) is 34.7 Å². The highest BCUT2D eigenvalue weighted by Crippen LogP contribution is 2.40. The van der Waals surface area contributed by atoms with Gasteiger partial charge < -0.3 is 19.8 Å². The molecule has 194 valence electrons. The molecule has 1 unspecified atom stereocenters. The molecule has 0 radical (unpaired) electrons. The van der Waals surface area contributed by atoms with Gasteiger partial charge in [0.25, 0.3) is 0 Å². The van der Waals surface area contributed by atoms with Crippen molar-refractivity contribution in [1.29, 1.82) is 0 Å².